The summed E-state index contributed by atoms with van der Waals surface area (Å²) in [7, 11) is 3.29. The van der Waals surface area contributed by atoms with Gasteiger partial charge in [-0.25, -0.2) is 4.98 Å². The molecular weight excluding hydrogens is 532 g/mol. The molecule has 1 aliphatic carbocycles. The number of fused-ring (bicyclic) bond motifs is 2. The van der Waals surface area contributed by atoms with Crippen molar-refractivity contribution in [3.05, 3.63) is 80.8 Å². The van der Waals surface area contributed by atoms with Gasteiger partial charge in [0.05, 0.1) is 31.9 Å². The number of nitrogens with zero attached hydrogens (tertiary/aromatic N) is 3. The number of esters is 1. The highest BCUT2D eigenvalue weighted by Crippen LogP contribution is 2.39. The van der Waals surface area contributed by atoms with Crippen LogP contribution in [0, 0.1) is 5.92 Å². The fourth-order valence-electron chi connectivity index (χ4n) is 6.83. The summed E-state index contributed by atoms with van der Waals surface area (Å²) in [5, 5.41) is 0. The fraction of sp³-hybridized carbons (Fsp3) is 0.455. The molecule has 6 rings (SSSR count). The van der Waals surface area contributed by atoms with E-state index in [9.17, 15) is 9.59 Å². The second kappa shape index (κ2) is 11.6. The van der Waals surface area contributed by atoms with Crippen molar-refractivity contribution in [1.29, 1.82) is 0 Å². The Hall–Kier alpha value is -4.14. The molecule has 1 atom stereocenters. The van der Waals surface area contributed by atoms with Crippen molar-refractivity contribution in [1.82, 2.24) is 9.97 Å². The largest absolute Gasteiger partial charge is 0.493 e. The van der Waals surface area contributed by atoms with Crippen LogP contribution in [-0.2, 0) is 34.2 Å². The highest BCUT2D eigenvalue weighted by molar-refractivity contribution is 6.05. The van der Waals surface area contributed by atoms with Crippen molar-refractivity contribution in [2.75, 3.05) is 45.4 Å². The second-order valence-electron chi connectivity index (χ2n) is 11.3. The number of anilines is 1. The van der Waals surface area contributed by atoms with Gasteiger partial charge in [0.15, 0.2) is 11.5 Å². The van der Waals surface area contributed by atoms with Crippen LogP contribution in [0.5, 0.6) is 11.5 Å². The summed E-state index contributed by atoms with van der Waals surface area (Å²) in [5.74, 6) is 1.94. The minimum absolute atomic E-state index is 0.0890. The Morgan fingerprint density at radius 1 is 1.07 bits per heavy atom. The maximum Gasteiger partial charge on any atom is 0.316 e. The van der Waals surface area contributed by atoms with Crippen LogP contribution in [0.2, 0.25) is 0 Å². The predicted molar refractivity (Wildman–Crippen MR) is 161 cm³/mol. The second-order valence-corrected chi connectivity index (χ2v) is 11.3. The molecule has 1 unspecified atom stereocenters. The molecule has 1 fully saturated rings. The van der Waals surface area contributed by atoms with Gasteiger partial charge in [0.25, 0.3) is 5.56 Å². The molecule has 220 valence electrons. The van der Waals surface area contributed by atoms with Crippen molar-refractivity contribution < 1.29 is 19.0 Å². The topological polar surface area (TPSA) is 106 Å². The molecule has 0 bridgehead atoms. The molecule has 1 saturated heterocycles. The SMILES string of the molecule is CCOC(=O)C1(c2ccccc2)CCN(c2nc3c(c(=O)[nH]2)CC(C2=NCCc4cc(OC)c(OC)cc42)CC3)CC1. The summed E-state index contributed by atoms with van der Waals surface area (Å²) in [6.45, 7) is 4.09. The van der Waals surface area contributed by atoms with Gasteiger partial charge >= 0.3 is 5.97 Å². The Balaban J connectivity index is 1.22. The highest BCUT2D eigenvalue weighted by atomic mass is 16.5. The molecule has 2 aromatic carbocycles. The number of rotatable bonds is 7. The van der Waals surface area contributed by atoms with Crippen molar-refractivity contribution in [3.63, 3.8) is 0 Å². The number of carbonyl (C=O) groups excluding carboxylic acids is 1. The number of aromatic amines is 1. The molecule has 0 spiro atoms. The van der Waals surface area contributed by atoms with E-state index in [2.05, 4.69) is 9.88 Å². The van der Waals surface area contributed by atoms with E-state index in [0.29, 0.717) is 57.1 Å². The summed E-state index contributed by atoms with van der Waals surface area (Å²) in [5.41, 5.74) is 5.12. The maximum atomic E-state index is 13.5. The van der Waals surface area contributed by atoms with Gasteiger partial charge < -0.3 is 19.1 Å². The molecule has 9 nitrogen and oxygen atoms in total. The third-order valence-electron chi connectivity index (χ3n) is 9.11. The van der Waals surface area contributed by atoms with Crippen LogP contribution in [0.25, 0.3) is 0 Å². The van der Waals surface area contributed by atoms with Crippen molar-refractivity contribution in [2.24, 2.45) is 10.9 Å². The van der Waals surface area contributed by atoms with Crippen LogP contribution in [0.1, 0.15) is 54.1 Å². The molecule has 1 aromatic heterocycles. The molecular formula is C33H38N4O5. The van der Waals surface area contributed by atoms with Gasteiger partial charge in [0.1, 0.15) is 0 Å². The number of hydrogen-bond acceptors (Lipinski definition) is 8. The number of carbonyl (C=O) groups is 1. The Morgan fingerprint density at radius 3 is 2.52 bits per heavy atom. The maximum absolute atomic E-state index is 13.5. The number of hydrogen-bond donors (Lipinski definition) is 1. The molecule has 9 heteroatoms. The van der Waals surface area contributed by atoms with Gasteiger partial charge in [-0.2, -0.15) is 0 Å². The van der Waals surface area contributed by atoms with E-state index >= 15 is 0 Å². The van der Waals surface area contributed by atoms with Crippen LogP contribution in [-0.4, -0.2) is 62.1 Å². The average Bonchev–Trinajstić information content (AvgIpc) is 3.04. The van der Waals surface area contributed by atoms with E-state index in [1.165, 1.54) is 5.56 Å². The first-order chi connectivity index (χ1) is 20.5. The number of benzene rings is 2. The van der Waals surface area contributed by atoms with Gasteiger partial charge in [0.2, 0.25) is 5.95 Å². The molecule has 42 heavy (non-hydrogen) atoms. The standard InChI is InChI=1S/C33H38N4O5/c1-4-42-31(39)33(23-8-6-5-7-9-23)13-16-37(17-14-33)32-35-26-11-10-22(18-25(26)30(38)36-32)29-24-20-28(41-3)27(40-2)19-21(24)12-15-34-29/h5-9,19-20,22H,4,10-18H2,1-3H3,(H,35,36,38). The lowest BCUT2D eigenvalue weighted by Crippen LogP contribution is -2.49. The van der Waals surface area contributed by atoms with Crippen LogP contribution in [0.3, 0.4) is 0 Å². The summed E-state index contributed by atoms with van der Waals surface area (Å²) >= 11 is 0. The van der Waals surface area contributed by atoms with Gasteiger partial charge in [0, 0.05) is 42.4 Å². The Labute approximate surface area is 245 Å². The van der Waals surface area contributed by atoms with Crippen LogP contribution < -0.4 is 19.9 Å². The van der Waals surface area contributed by atoms with E-state index in [-0.39, 0.29) is 17.4 Å². The first-order valence-corrected chi connectivity index (χ1v) is 14.9. The van der Waals surface area contributed by atoms with E-state index < -0.39 is 5.41 Å². The monoisotopic (exact) mass is 570 g/mol. The van der Waals surface area contributed by atoms with Crippen molar-refractivity contribution >= 4 is 17.6 Å². The van der Waals surface area contributed by atoms with Gasteiger partial charge in [-0.15, -0.1) is 0 Å². The summed E-state index contributed by atoms with van der Waals surface area (Å²) in [4.78, 5) is 41.7. The number of aliphatic imine (C=N–C) groups is 1. The molecule has 3 aliphatic rings. The first-order valence-electron chi connectivity index (χ1n) is 14.9. The molecule has 3 aromatic rings. The Bertz CT molecular complexity index is 1560. The van der Waals surface area contributed by atoms with Gasteiger partial charge in [-0.3, -0.25) is 19.6 Å². The number of ether oxygens (including phenoxy) is 3. The van der Waals surface area contributed by atoms with Gasteiger partial charge in [-0.05, 0) is 68.7 Å². The zero-order valence-electron chi connectivity index (χ0n) is 24.6. The van der Waals surface area contributed by atoms with Crippen molar-refractivity contribution in [3.8, 4) is 11.5 Å². The third kappa shape index (κ3) is 4.95. The number of nitrogens with one attached hydrogen (secondary N) is 1. The lowest BCUT2D eigenvalue weighted by Gasteiger charge is -2.40. The molecule has 1 N–H and O–H groups in total. The van der Waals surface area contributed by atoms with E-state index in [1.807, 2.05) is 49.4 Å². The smallest absolute Gasteiger partial charge is 0.316 e. The molecule has 0 radical (unpaired) electrons. The summed E-state index contributed by atoms with van der Waals surface area (Å²) in [6.07, 6.45) is 4.22. The summed E-state index contributed by atoms with van der Waals surface area (Å²) < 4.78 is 16.6. The molecule has 0 saturated carbocycles. The Morgan fingerprint density at radius 2 is 1.81 bits per heavy atom. The van der Waals surface area contributed by atoms with E-state index in [1.54, 1.807) is 14.2 Å². The molecule has 3 heterocycles. The van der Waals surface area contributed by atoms with Crippen molar-refractivity contribution in [2.45, 2.75) is 50.9 Å². The zero-order chi connectivity index (χ0) is 29.3. The Kier molecular flexibility index (Phi) is 7.75. The normalized spacial score (nSPS) is 19.3. The summed E-state index contributed by atoms with van der Waals surface area (Å²) in [6, 6.07) is 14.0. The number of piperidine rings is 1. The fourth-order valence-corrected chi connectivity index (χ4v) is 6.83. The highest BCUT2D eigenvalue weighted by Gasteiger charge is 2.44. The van der Waals surface area contributed by atoms with E-state index in [0.717, 1.165) is 53.2 Å². The quantitative estimate of drug-likeness (QED) is 0.428. The van der Waals surface area contributed by atoms with E-state index in [4.69, 9.17) is 24.2 Å². The minimum atomic E-state index is -0.695. The third-order valence-corrected chi connectivity index (χ3v) is 9.11. The number of aromatic nitrogens is 2. The average molecular weight is 571 g/mol. The molecule has 0 amide bonds. The number of methoxy groups -OCH3 is 2. The number of H-pyrrole nitrogens is 1. The van der Waals surface area contributed by atoms with Crippen LogP contribution in [0.15, 0.2) is 52.3 Å². The lowest BCUT2D eigenvalue weighted by molar-refractivity contribution is -0.151. The first kappa shape index (κ1) is 28.0. The molecule has 2 aliphatic heterocycles. The zero-order valence-corrected chi connectivity index (χ0v) is 24.6. The lowest BCUT2D eigenvalue weighted by atomic mass is 9.73. The van der Waals surface area contributed by atoms with Gasteiger partial charge in [-0.1, -0.05) is 30.3 Å². The van der Waals surface area contributed by atoms with Crippen LogP contribution in [0.4, 0.5) is 5.95 Å². The van der Waals surface area contributed by atoms with Crippen LogP contribution >= 0.6 is 0 Å². The number of aryl methyl sites for hydroxylation is 1. The predicted octanol–water partition coefficient (Wildman–Crippen LogP) is 4.04. The minimum Gasteiger partial charge on any atom is -0.493 e.